The highest BCUT2D eigenvalue weighted by Gasteiger charge is 2.33. The van der Waals surface area contributed by atoms with E-state index in [1.54, 1.807) is 30.3 Å². The summed E-state index contributed by atoms with van der Waals surface area (Å²) < 4.78 is 5.41. The molecule has 1 aliphatic heterocycles. The SMILES string of the molecule is O=C(CN1C(=O)C(=Cc2ccccc2)SC1=S)Nc1ccc2oc(=O)ccc2c1. The lowest BCUT2D eigenvalue weighted by Gasteiger charge is -2.14. The summed E-state index contributed by atoms with van der Waals surface area (Å²) in [7, 11) is 0. The molecule has 8 heteroatoms. The van der Waals surface area contributed by atoms with Gasteiger partial charge >= 0.3 is 5.63 Å². The van der Waals surface area contributed by atoms with Crippen molar-refractivity contribution in [1.82, 2.24) is 4.90 Å². The molecule has 0 aliphatic carbocycles. The lowest BCUT2D eigenvalue weighted by molar-refractivity contribution is -0.126. The van der Waals surface area contributed by atoms with Crippen molar-refractivity contribution in [2.45, 2.75) is 0 Å². The Balaban J connectivity index is 1.46. The van der Waals surface area contributed by atoms with Crippen LogP contribution in [0.1, 0.15) is 5.56 Å². The van der Waals surface area contributed by atoms with E-state index in [2.05, 4.69) is 5.32 Å². The molecule has 0 spiro atoms. The van der Waals surface area contributed by atoms with Crippen molar-refractivity contribution < 1.29 is 14.0 Å². The van der Waals surface area contributed by atoms with Crippen molar-refractivity contribution in [3.63, 3.8) is 0 Å². The maximum atomic E-state index is 12.6. The van der Waals surface area contributed by atoms with Crippen LogP contribution in [-0.4, -0.2) is 27.6 Å². The zero-order valence-electron chi connectivity index (χ0n) is 15.0. The van der Waals surface area contributed by atoms with Gasteiger partial charge in [0.2, 0.25) is 5.91 Å². The lowest BCUT2D eigenvalue weighted by Crippen LogP contribution is -2.36. The Morgan fingerprint density at radius 1 is 1.10 bits per heavy atom. The number of rotatable bonds is 4. The first-order valence-corrected chi connectivity index (χ1v) is 9.86. The van der Waals surface area contributed by atoms with E-state index in [-0.39, 0.29) is 18.4 Å². The number of benzene rings is 2. The first-order chi connectivity index (χ1) is 14.0. The molecule has 4 rings (SSSR count). The first-order valence-electron chi connectivity index (χ1n) is 8.64. The van der Waals surface area contributed by atoms with Crippen LogP contribution in [0.3, 0.4) is 0 Å². The second-order valence-electron chi connectivity index (χ2n) is 6.23. The molecule has 0 saturated carbocycles. The quantitative estimate of drug-likeness (QED) is 0.393. The van der Waals surface area contributed by atoms with Crippen LogP contribution in [0.25, 0.3) is 17.0 Å². The van der Waals surface area contributed by atoms with Gasteiger partial charge < -0.3 is 9.73 Å². The van der Waals surface area contributed by atoms with E-state index in [9.17, 15) is 14.4 Å². The number of thiocarbonyl (C=S) groups is 1. The summed E-state index contributed by atoms with van der Waals surface area (Å²) in [4.78, 5) is 38.1. The number of hydrogen-bond donors (Lipinski definition) is 1. The van der Waals surface area contributed by atoms with E-state index in [1.165, 1.54) is 22.7 Å². The molecule has 144 valence electrons. The number of carbonyl (C=O) groups is 2. The van der Waals surface area contributed by atoms with Gasteiger partial charge in [0.1, 0.15) is 16.4 Å². The molecule has 1 saturated heterocycles. The van der Waals surface area contributed by atoms with Gasteiger partial charge in [-0.15, -0.1) is 0 Å². The minimum Gasteiger partial charge on any atom is -0.423 e. The number of carbonyl (C=O) groups excluding carboxylic acids is 2. The molecule has 0 radical (unpaired) electrons. The molecular formula is C21H14N2O4S2. The van der Waals surface area contributed by atoms with E-state index >= 15 is 0 Å². The fourth-order valence-electron chi connectivity index (χ4n) is 2.83. The molecule has 2 heterocycles. The normalized spacial score (nSPS) is 15.3. The number of amides is 2. The monoisotopic (exact) mass is 422 g/mol. The molecule has 0 unspecified atom stereocenters. The molecule has 2 aromatic carbocycles. The van der Waals surface area contributed by atoms with Gasteiger partial charge in [-0.2, -0.15) is 0 Å². The Bertz CT molecular complexity index is 1220. The van der Waals surface area contributed by atoms with Crippen LogP contribution in [0.5, 0.6) is 0 Å². The highest BCUT2D eigenvalue weighted by atomic mass is 32.2. The Hall–Kier alpha value is -3.23. The van der Waals surface area contributed by atoms with Crippen molar-refractivity contribution in [2.75, 3.05) is 11.9 Å². The first kappa shape index (κ1) is 19.1. The van der Waals surface area contributed by atoms with Gasteiger partial charge in [-0.1, -0.05) is 54.3 Å². The van der Waals surface area contributed by atoms with Crippen molar-refractivity contribution in [2.24, 2.45) is 0 Å². The molecule has 0 bridgehead atoms. The molecule has 0 atom stereocenters. The minimum atomic E-state index is -0.438. The molecule has 1 fully saturated rings. The summed E-state index contributed by atoms with van der Waals surface area (Å²) in [6, 6.07) is 17.3. The third kappa shape index (κ3) is 4.28. The zero-order valence-corrected chi connectivity index (χ0v) is 16.6. The Labute approximate surface area is 175 Å². The van der Waals surface area contributed by atoms with Gasteiger partial charge in [-0.3, -0.25) is 14.5 Å². The molecule has 29 heavy (non-hydrogen) atoms. The van der Waals surface area contributed by atoms with Crippen molar-refractivity contribution in [1.29, 1.82) is 0 Å². The van der Waals surface area contributed by atoms with Crippen LogP contribution in [-0.2, 0) is 9.59 Å². The van der Waals surface area contributed by atoms with Crippen molar-refractivity contribution in [3.8, 4) is 0 Å². The molecule has 1 aliphatic rings. The van der Waals surface area contributed by atoms with Crippen LogP contribution in [0.15, 0.2) is 74.8 Å². The average molecular weight is 422 g/mol. The third-order valence-corrected chi connectivity index (χ3v) is 5.55. The summed E-state index contributed by atoms with van der Waals surface area (Å²) in [5.74, 6) is -0.668. The van der Waals surface area contributed by atoms with Crippen molar-refractivity contribution in [3.05, 3.63) is 81.6 Å². The van der Waals surface area contributed by atoms with Gasteiger partial charge in [-0.25, -0.2) is 4.79 Å². The van der Waals surface area contributed by atoms with E-state index in [0.717, 1.165) is 5.56 Å². The van der Waals surface area contributed by atoms with Crippen LogP contribution in [0.4, 0.5) is 5.69 Å². The lowest BCUT2D eigenvalue weighted by atomic mass is 10.2. The highest BCUT2D eigenvalue weighted by molar-refractivity contribution is 8.26. The van der Waals surface area contributed by atoms with E-state index in [0.29, 0.717) is 25.9 Å². The summed E-state index contributed by atoms with van der Waals surface area (Å²) >= 11 is 6.45. The molecule has 1 N–H and O–H groups in total. The zero-order chi connectivity index (χ0) is 20.4. The maximum Gasteiger partial charge on any atom is 0.336 e. The number of fused-ring (bicyclic) bond motifs is 1. The Morgan fingerprint density at radius 2 is 1.90 bits per heavy atom. The maximum absolute atomic E-state index is 12.6. The number of hydrogen-bond acceptors (Lipinski definition) is 6. The topological polar surface area (TPSA) is 79.6 Å². The minimum absolute atomic E-state index is 0.182. The summed E-state index contributed by atoms with van der Waals surface area (Å²) in [5.41, 5.74) is 1.41. The fourth-order valence-corrected chi connectivity index (χ4v) is 4.09. The Morgan fingerprint density at radius 3 is 2.69 bits per heavy atom. The summed E-state index contributed by atoms with van der Waals surface area (Å²) in [6.07, 6.45) is 1.76. The molecule has 1 aromatic heterocycles. The van der Waals surface area contributed by atoms with E-state index in [4.69, 9.17) is 16.6 Å². The second kappa shape index (κ2) is 8.02. The summed E-state index contributed by atoms with van der Waals surface area (Å²) in [6.45, 7) is -0.182. The van der Waals surface area contributed by atoms with Crippen LogP contribution >= 0.6 is 24.0 Å². The smallest absolute Gasteiger partial charge is 0.336 e. The number of thioether (sulfide) groups is 1. The number of anilines is 1. The predicted octanol–water partition coefficient (Wildman–Crippen LogP) is 3.63. The number of nitrogens with zero attached hydrogens (tertiary/aromatic N) is 1. The predicted molar refractivity (Wildman–Crippen MR) is 117 cm³/mol. The largest absolute Gasteiger partial charge is 0.423 e. The third-order valence-electron chi connectivity index (χ3n) is 4.18. The van der Waals surface area contributed by atoms with E-state index in [1.807, 2.05) is 30.3 Å². The number of nitrogens with one attached hydrogen (secondary N) is 1. The highest BCUT2D eigenvalue weighted by Crippen LogP contribution is 2.32. The van der Waals surface area contributed by atoms with Gasteiger partial charge in [0.25, 0.3) is 5.91 Å². The van der Waals surface area contributed by atoms with Crippen molar-refractivity contribution >= 4 is 62.8 Å². The van der Waals surface area contributed by atoms with Gasteiger partial charge in [0, 0.05) is 17.1 Å². The van der Waals surface area contributed by atoms with Crippen LogP contribution < -0.4 is 10.9 Å². The van der Waals surface area contributed by atoms with Gasteiger partial charge in [0.15, 0.2) is 0 Å². The Kier molecular flexibility index (Phi) is 5.28. The van der Waals surface area contributed by atoms with Gasteiger partial charge in [0.05, 0.1) is 4.91 Å². The molecule has 2 amide bonds. The summed E-state index contributed by atoms with van der Waals surface area (Å²) in [5, 5.41) is 3.42. The molecule has 3 aromatic rings. The van der Waals surface area contributed by atoms with Crippen LogP contribution in [0.2, 0.25) is 0 Å². The standard InChI is InChI=1S/C21H14N2O4S2/c24-18(22-15-7-8-16-14(11-15)6-9-19(25)27-16)12-23-20(26)17(29-21(23)28)10-13-4-2-1-3-5-13/h1-11H,12H2,(H,22,24). The fraction of sp³-hybridized carbons (Fsp3) is 0.0476. The van der Waals surface area contributed by atoms with E-state index < -0.39 is 5.63 Å². The molecule has 6 nitrogen and oxygen atoms in total. The molecular weight excluding hydrogens is 408 g/mol. The van der Waals surface area contributed by atoms with Gasteiger partial charge in [-0.05, 0) is 35.9 Å². The second-order valence-corrected chi connectivity index (χ2v) is 7.91. The average Bonchev–Trinajstić information content (AvgIpc) is 2.96. The van der Waals surface area contributed by atoms with Crippen LogP contribution in [0, 0.1) is 0 Å².